The Hall–Kier alpha value is -0.790. The van der Waals surface area contributed by atoms with Crippen molar-refractivity contribution in [1.82, 2.24) is 0 Å². The third-order valence-electron chi connectivity index (χ3n) is 4.95. The fourth-order valence-corrected chi connectivity index (χ4v) is 3.60. The van der Waals surface area contributed by atoms with Crippen LogP contribution in [0.1, 0.15) is 103 Å². The number of carboxylic acid groups (broad SMARTS) is 1. The number of hydrogen-bond acceptors (Lipinski definition) is 1. The van der Waals surface area contributed by atoms with Crippen LogP contribution in [-0.2, 0) is 4.79 Å². The van der Waals surface area contributed by atoms with Crippen molar-refractivity contribution in [1.29, 1.82) is 0 Å². The van der Waals surface area contributed by atoms with Gasteiger partial charge in [0.2, 0.25) is 0 Å². The minimum absolute atomic E-state index is 0.340. The molecule has 1 atom stereocenters. The summed E-state index contributed by atoms with van der Waals surface area (Å²) in [6.07, 6.45) is 20.9. The van der Waals surface area contributed by atoms with Gasteiger partial charge in [-0.05, 0) is 50.9 Å². The van der Waals surface area contributed by atoms with E-state index in [1.165, 1.54) is 77.0 Å². The summed E-state index contributed by atoms with van der Waals surface area (Å²) in [6.45, 7) is 2.27. The molecule has 1 rings (SSSR count). The molecule has 0 aromatic heterocycles. The molecule has 1 aliphatic carbocycles. The first kappa shape index (κ1) is 19.3. The molecule has 0 spiro atoms. The van der Waals surface area contributed by atoms with E-state index in [1.807, 2.05) is 0 Å². The number of carboxylic acids is 1. The predicted molar refractivity (Wildman–Crippen MR) is 94.1 cm³/mol. The van der Waals surface area contributed by atoms with Gasteiger partial charge in [-0.25, -0.2) is 0 Å². The standard InChI is InChI=1S/C20H36O2/c1-2-3-4-5-6-9-13-18-15-12-16-19(18)14-10-7-8-11-17-20(21)22/h13,19H,2-12,14-17H2,1H3,(H,21,22)/b18-13-/t19-/m0/s1. The number of carbonyl (C=O) groups is 1. The van der Waals surface area contributed by atoms with Gasteiger partial charge in [0.05, 0.1) is 0 Å². The average Bonchev–Trinajstić information content (AvgIpc) is 2.93. The van der Waals surface area contributed by atoms with E-state index in [4.69, 9.17) is 5.11 Å². The molecule has 1 aliphatic rings. The summed E-state index contributed by atoms with van der Waals surface area (Å²) < 4.78 is 0. The molecule has 1 saturated carbocycles. The second-order valence-corrected chi connectivity index (χ2v) is 6.92. The van der Waals surface area contributed by atoms with Crippen molar-refractivity contribution in [2.75, 3.05) is 0 Å². The summed E-state index contributed by atoms with van der Waals surface area (Å²) in [7, 11) is 0. The molecule has 2 heteroatoms. The molecule has 128 valence electrons. The summed E-state index contributed by atoms with van der Waals surface area (Å²) in [5.74, 6) is 0.190. The Kier molecular flexibility index (Phi) is 11.1. The first-order chi connectivity index (χ1) is 10.7. The van der Waals surface area contributed by atoms with Crippen molar-refractivity contribution in [3.05, 3.63) is 11.6 Å². The lowest BCUT2D eigenvalue weighted by Crippen LogP contribution is -1.98. The van der Waals surface area contributed by atoms with Gasteiger partial charge in [0, 0.05) is 6.42 Å². The summed E-state index contributed by atoms with van der Waals surface area (Å²) in [5, 5.41) is 8.62. The fraction of sp³-hybridized carbons (Fsp3) is 0.850. The van der Waals surface area contributed by atoms with Crippen LogP contribution in [0.25, 0.3) is 0 Å². The Labute approximate surface area is 137 Å². The number of rotatable bonds is 13. The second-order valence-electron chi connectivity index (χ2n) is 6.92. The van der Waals surface area contributed by atoms with Crippen molar-refractivity contribution in [2.45, 2.75) is 103 Å². The molecule has 0 heterocycles. The van der Waals surface area contributed by atoms with Gasteiger partial charge < -0.3 is 5.11 Å². The van der Waals surface area contributed by atoms with Crippen LogP contribution < -0.4 is 0 Å². The Morgan fingerprint density at radius 1 is 1.09 bits per heavy atom. The van der Waals surface area contributed by atoms with E-state index in [1.54, 1.807) is 5.57 Å². The topological polar surface area (TPSA) is 37.3 Å². The normalized spacial score (nSPS) is 19.9. The van der Waals surface area contributed by atoms with E-state index >= 15 is 0 Å². The highest BCUT2D eigenvalue weighted by atomic mass is 16.4. The molecule has 2 nitrogen and oxygen atoms in total. The molecule has 0 radical (unpaired) electrons. The minimum atomic E-state index is -0.653. The Morgan fingerprint density at radius 2 is 1.82 bits per heavy atom. The lowest BCUT2D eigenvalue weighted by atomic mass is 9.94. The van der Waals surface area contributed by atoms with Crippen LogP contribution in [0, 0.1) is 5.92 Å². The van der Waals surface area contributed by atoms with Gasteiger partial charge in [0.25, 0.3) is 0 Å². The Balaban J connectivity index is 2.08. The van der Waals surface area contributed by atoms with E-state index in [0.29, 0.717) is 6.42 Å². The molecule has 0 aromatic rings. The van der Waals surface area contributed by atoms with Crippen LogP contribution in [0.5, 0.6) is 0 Å². The van der Waals surface area contributed by atoms with Crippen LogP contribution in [0.3, 0.4) is 0 Å². The maximum atomic E-state index is 10.5. The minimum Gasteiger partial charge on any atom is -0.481 e. The number of hydrogen-bond donors (Lipinski definition) is 1. The van der Waals surface area contributed by atoms with Crippen LogP contribution in [0.4, 0.5) is 0 Å². The molecule has 0 saturated heterocycles. The molecule has 22 heavy (non-hydrogen) atoms. The van der Waals surface area contributed by atoms with E-state index in [2.05, 4.69) is 13.0 Å². The summed E-state index contributed by atoms with van der Waals surface area (Å²) in [6, 6.07) is 0. The van der Waals surface area contributed by atoms with Gasteiger partial charge in [-0.2, -0.15) is 0 Å². The van der Waals surface area contributed by atoms with Crippen LogP contribution >= 0.6 is 0 Å². The first-order valence-corrected chi connectivity index (χ1v) is 9.64. The molecule has 0 bridgehead atoms. The largest absolute Gasteiger partial charge is 0.481 e. The molecule has 0 unspecified atom stereocenters. The van der Waals surface area contributed by atoms with Crippen LogP contribution in [-0.4, -0.2) is 11.1 Å². The first-order valence-electron chi connectivity index (χ1n) is 9.64. The Morgan fingerprint density at radius 3 is 2.59 bits per heavy atom. The molecular weight excluding hydrogens is 272 g/mol. The molecule has 1 fully saturated rings. The predicted octanol–water partition coefficient (Wildman–Crippen LogP) is 6.50. The molecule has 0 amide bonds. The monoisotopic (exact) mass is 308 g/mol. The van der Waals surface area contributed by atoms with Crippen LogP contribution in [0.15, 0.2) is 11.6 Å². The average molecular weight is 309 g/mol. The molecule has 0 aliphatic heterocycles. The zero-order chi connectivity index (χ0) is 16.0. The van der Waals surface area contributed by atoms with E-state index < -0.39 is 5.97 Å². The quantitative estimate of drug-likeness (QED) is 0.311. The fourth-order valence-electron chi connectivity index (χ4n) is 3.60. The number of aliphatic carboxylic acids is 1. The van der Waals surface area contributed by atoms with Gasteiger partial charge in [-0.1, -0.05) is 63.5 Å². The van der Waals surface area contributed by atoms with E-state index in [0.717, 1.165) is 18.8 Å². The van der Waals surface area contributed by atoms with Crippen LogP contribution in [0.2, 0.25) is 0 Å². The lowest BCUT2D eigenvalue weighted by molar-refractivity contribution is -0.137. The van der Waals surface area contributed by atoms with E-state index in [9.17, 15) is 4.79 Å². The summed E-state index contributed by atoms with van der Waals surface area (Å²) in [5.41, 5.74) is 1.74. The Bertz CT molecular complexity index is 320. The smallest absolute Gasteiger partial charge is 0.303 e. The van der Waals surface area contributed by atoms with E-state index in [-0.39, 0.29) is 0 Å². The van der Waals surface area contributed by atoms with Crippen molar-refractivity contribution >= 4 is 5.97 Å². The SMILES string of the molecule is CCCCCCC/C=C1/CCC[C@@H]1CCCCCCC(=O)O. The third kappa shape index (κ3) is 9.27. The highest BCUT2D eigenvalue weighted by molar-refractivity contribution is 5.66. The van der Waals surface area contributed by atoms with Gasteiger partial charge in [0.1, 0.15) is 0 Å². The third-order valence-corrected chi connectivity index (χ3v) is 4.95. The highest BCUT2D eigenvalue weighted by Crippen LogP contribution is 2.35. The number of unbranched alkanes of at least 4 members (excludes halogenated alkanes) is 8. The summed E-state index contributed by atoms with van der Waals surface area (Å²) in [4.78, 5) is 10.5. The number of allylic oxidation sites excluding steroid dienone is 2. The molecule has 0 aromatic carbocycles. The maximum Gasteiger partial charge on any atom is 0.303 e. The van der Waals surface area contributed by atoms with Crippen molar-refractivity contribution in [3.8, 4) is 0 Å². The second kappa shape index (κ2) is 12.7. The zero-order valence-electron chi connectivity index (χ0n) is 14.6. The zero-order valence-corrected chi connectivity index (χ0v) is 14.6. The van der Waals surface area contributed by atoms with Crippen molar-refractivity contribution in [3.63, 3.8) is 0 Å². The summed E-state index contributed by atoms with van der Waals surface area (Å²) >= 11 is 0. The van der Waals surface area contributed by atoms with Crippen molar-refractivity contribution in [2.24, 2.45) is 5.92 Å². The van der Waals surface area contributed by atoms with Gasteiger partial charge in [-0.15, -0.1) is 0 Å². The molecule has 1 N–H and O–H groups in total. The van der Waals surface area contributed by atoms with Gasteiger partial charge >= 0.3 is 5.97 Å². The lowest BCUT2D eigenvalue weighted by Gasteiger charge is -2.12. The van der Waals surface area contributed by atoms with Crippen molar-refractivity contribution < 1.29 is 9.90 Å². The highest BCUT2D eigenvalue weighted by Gasteiger charge is 2.19. The van der Waals surface area contributed by atoms with Gasteiger partial charge in [-0.3, -0.25) is 4.79 Å². The van der Waals surface area contributed by atoms with Gasteiger partial charge in [0.15, 0.2) is 0 Å². The maximum absolute atomic E-state index is 10.5. The molecular formula is C20H36O2.